The molecule has 1 N–H and O–H groups in total. The van der Waals surface area contributed by atoms with Crippen molar-refractivity contribution in [2.75, 3.05) is 18.1 Å². The molecule has 0 saturated carbocycles. The van der Waals surface area contributed by atoms with Crippen molar-refractivity contribution in [2.24, 2.45) is 0 Å². The first kappa shape index (κ1) is 22.1. The Morgan fingerprint density at radius 2 is 1.89 bits per heavy atom. The van der Waals surface area contributed by atoms with Crippen LogP contribution in [0, 0.1) is 25.2 Å². The highest BCUT2D eigenvalue weighted by molar-refractivity contribution is 8.00. The van der Waals surface area contributed by atoms with Gasteiger partial charge in [-0.15, -0.1) is 11.8 Å². The fourth-order valence-electron chi connectivity index (χ4n) is 2.26. The van der Waals surface area contributed by atoms with Crippen molar-refractivity contribution in [2.45, 2.75) is 29.9 Å². The van der Waals surface area contributed by atoms with Gasteiger partial charge in [-0.05, 0) is 32.0 Å². The van der Waals surface area contributed by atoms with Crippen LogP contribution in [0.2, 0.25) is 0 Å². The van der Waals surface area contributed by atoms with Crippen molar-refractivity contribution < 1.29 is 18.0 Å². The Morgan fingerprint density at radius 3 is 2.50 bits per heavy atom. The van der Waals surface area contributed by atoms with Gasteiger partial charge in [0.1, 0.15) is 11.1 Å². The molecule has 0 radical (unpaired) electrons. The van der Waals surface area contributed by atoms with E-state index in [1.807, 2.05) is 31.2 Å². The number of hydrogen-bond acceptors (Lipinski definition) is 5. The lowest BCUT2D eigenvalue weighted by atomic mass is 10.1. The van der Waals surface area contributed by atoms with E-state index in [-0.39, 0.29) is 22.4 Å². The maximum atomic E-state index is 13.1. The molecule has 0 atom stereocenters. The molecule has 2 aromatic rings. The monoisotopic (exact) mass is 425 g/mol. The summed E-state index contributed by atoms with van der Waals surface area (Å²) in [5, 5.41) is 11.7. The third kappa shape index (κ3) is 6.46. The van der Waals surface area contributed by atoms with Crippen LogP contribution in [0.15, 0.2) is 40.3 Å². The molecular weight excluding hydrogens is 407 g/mol. The lowest BCUT2D eigenvalue weighted by Gasteiger charge is -2.12. The molecule has 0 aliphatic heterocycles. The normalized spacial score (nSPS) is 11.1. The smallest absolute Gasteiger partial charge is 0.355 e. The number of hydrogen-bond donors (Lipinski definition) is 1. The minimum absolute atomic E-state index is 0.0843. The highest BCUT2D eigenvalue weighted by Gasteiger charge is 2.35. The van der Waals surface area contributed by atoms with E-state index in [9.17, 15) is 18.0 Å². The molecule has 0 spiro atoms. The predicted octanol–water partition coefficient (Wildman–Crippen LogP) is 4.59. The average Bonchev–Trinajstić information content (AvgIpc) is 2.63. The van der Waals surface area contributed by atoms with Crippen molar-refractivity contribution in [1.29, 1.82) is 5.26 Å². The van der Waals surface area contributed by atoms with Gasteiger partial charge in [0, 0.05) is 22.9 Å². The number of carbonyl (C=O) groups is 1. The van der Waals surface area contributed by atoms with E-state index in [2.05, 4.69) is 10.3 Å². The first-order valence-corrected chi connectivity index (χ1v) is 10.3. The van der Waals surface area contributed by atoms with Crippen molar-refractivity contribution in [3.8, 4) is 6.07 Å². The average molecular weight is 426 g/mol. The Bertz CT molecular complexity index is 878. The molecule has 0 fully saturated rings. The van der Waals surface area contributed by atoms with Crippen molar-refractivity contribution in [3.63, 3.8) is 0 Å². The highest BCUT2D eigenvalue weighted by Crippen LogP contribution is 2.35. The Morgan fingerprint density at radius 1 is 1.21 bits per heavy atom. The Labute approximate surface area is 169 Å². The summed E-state index contributed by atoms with van der Waals surface area (Å²) in [6.45, 7) is 3.85. The molecule has 1 aromatic carbocycles. The lowest BCUT2D eigenvalue weighted by molar-refractivity contribution is -0.138. The molecule has 1 aromatic heterocycles. The third-order valence-electron chi connectivity index (χ3n) is 3.59. The number of halogens is 3. The van der Waals surface area contributed by atoms with Gasteiger partial charge in [0.15, 0.2) is 0 Å². The fraction of sp³-hybridized carbons (Fsp3) is 0.316. The zero-order chi connectivity index (χ0) is 20.7. The molecule has 2 rings (SSSR count). The Hall–Kier alpha value is -2.18. The summed E-state index contributed by atoms with van der Waals surface area (Å²) in [5.74, 6) is 0.233. The van der Waals surface area contributed by atoms with Gasteiger partial charge in [-0.2, -0.15) is 18.4 Å². The standard InChI is InChI=1S/C19H18F3N3OS2/c1-12-3-5-14(6-4-12)27-8-7-24-17(26)11-28-18-15(10-23)16(19(20,21)22)9-13(2)25-18/h3-6,9H,7-8,11H2,1-2H3,(H,24,26). The van der Waals surface area contributed by atoms with Crippen LogP contribution in [-0.4, -0.2) is 28.9 Å². The van der Waals surface area contributed by atoms with Crippen LogP contribution in [0.1, 0.15) is 22.4 Å². The second kappa shape index (κ2) is 9.85. The number of carbonyl (C=O) groups excluding carboxylic acids is 1. The van der Waals surface area contributed by atoms with Crippen LogP contribution in [0.3, 0.4) is 0 Å². The topological polar surface area (TPSA) is 65.8 Å². The van der Waals surface area contributed by atoms with Gasteiger partial charge < -0.3 is 5.32 Å². The van der Waals surface area contributed by atoms with Crippen LogP contribution >= 0.6 is 23.5 Å². The zero-order valence-corrected chi connectivity index (χ0v) is 16.9. The number of nitriles is 1. The summed E-state index contributed by atoms with van der Waals surface area (Å²) in [6.07, 6.45) is -4.65. The van der Waals surface area contributed by atoms with Crippen LogP contribution in [0.4, 0.5) is 13.2 Å². The molecule has 0 saturated heterocycles. The number of benzene rings is 1. The molecule has 9 heteroatoms. The SMILES string of the molecule is Cc1ccc(SCCNC(=O)CSc2nc(C)cc(C(F)(F)F)c2C#N)cc1. The quantitative estimate of drug-likeness (QED) is 0.519. The number of thioether (sulfide) groups is 2. The van der Waals surface area contributed by atoms with Crippen molar-refractivity contribution in [3.05, 3.63) is 52.7 Å². The van der Waals surface area contributed by atoms with E-state index in [4.69, 9.17) is 5.26 Å². The van der Waals surface area contributed by atoms with Crippen LogP contribution in [-0.2, 0) is 11.0 Å². The second-order valence-electron chi connectivity index (χ2n) is 5.90. The number of pyridine rings is 1. The summed E-state index contributed by atoms with van der Waals surface area (Å²) >= 11 is 2.42. The van der Waals surface area contributed by atoms with E-state index >= 15 is 0 Å². The molecule has 0 unspecified atom stereocenters. The number of amides is 1. The van der Waals surface area contributed by atoms with E-state index in [0.717, 1.165) is 22.7 Å². The number of aryl methyl sites for hydroxylation is 2. The zero-order valence-electron chi connectivity index (χ0n) is 15.3. The van der Waals surface area contributed by atoms with Gasteiger partial charge in [-0.3, -0.25) is 4.79 Å². The summed E-state index contributed by atoms with van der Waals surface area (Å²) < 4.78 is 39.3. The number of alkyl halides is 3. The minimum Gasteiger partial charge on any atom is -0.355 e. The van der Waals surface area contributed by atoms with Crippen molar-refractivity contribution >= 4 is 29.4 Å². The number of nitrogens with zero attached hydrogens (tertiary/aromatic N) is 2. The molecule has 0 aliphatic carbocycles. The molecular formula is C19H18F3N3OS2. The van der Waals surface area contributed by atoms with Gasteiger partial charge in [-0.1, -0.05) is 29.5 Å². The third-order valence-corrected chi connectivity index (χ3v) is 5.57. The predicted molar refractivity (Wildman–Crippen MR) is 104 cm³/mol. The van der Waals surface area contributed by atoms with Crippen LogP contribution in [0.5, 0.6) is 0 Å². The summed E-state index contributed by atoms with van der Waals surface area (Å²) in [6, 6.07) is 10.4. The molecule has 0 bridgehead atoms. The largest absolute Gasteiger partial charge is 0.417 e. The maximum Gasteiger partial charge on any atom is 0.417 e. The van der Waals surface area contributed by atoms with Crippen LogP contribution < -0.4 is 5.32 Å². The molecule has 28 heavy (non-hydrogen) atoms. The first-order valence-electron chi connectivity index (χ1n) is 8.28. The molecule has 0 aliphatic rings. The van der Waals surface area contributed by atoms with Gasteiger partial charge >= 0.3 is 6.18 Å². The Balaban J connectivity index is 1.88. The Kier molecular flexibility index (Phi) is 7.78. The first-order chi connectivity index (χ1) is 13.2. The molecule has 1 heterocycles. The van der Waals surface area contributed by atoms with Gasteiger partial charge in [0.05, 0.1) is 16.9 Å². The lowest BCUT2D eigenvalue weighted by Crippen LogP contribution is -2.27. The summed E-state index contributed by atoms with van der Waals surface area (Å²) in [5.41, 5.74) is -0.265. The number of rotatable bonds is 7. The van der Waals surface area contributed by atoms with E-state index < -0.39 is 17.3 Å². The number of aromatic nitrogens is 1. The van der Waals surface area contributed by atoms with E-state index in [0.29, 0.717) is 12.3 Å². The maximum absolute atomic E-state index is 13.1. The fourth-order valence-corrected chi connectivity index (χ4v) is 3.91. The van der Waals surface area contributed by atoms with Gasteiger partial charge in [-0.25, -0.2) is 4.98 Å². The molecule has 148 valence electrons. The molecule has 1 amide bonds. The molecule has 4 nitrogen and oxygen atoms in total. The summed E-state index contributed by atoms with van der Waals surface area (Å²) in [4.78, 5) is 17.0. The minimum atomic E-state index is -4.65. The van der Waals surface area contributed by atoms with Crippen LogP contribution in [0.25, 0.3) is 0 Å². The summed E-state index contributed by atoms with van der Waals surface area (Å²) in [7, 11) is 0. The van der Waals surface area contributed by atoms with E-state index in [1.165, 1.54) is 12.5 Å². The van der Waals surface area contributed by atoms with Gasteiger partial charge in [0.2, 0.25) is 5.91 Å². The number of nitrogens with one attached hydrogen (secondary N) is 1. The van der Waals surface area contributed by atoms with Crippen molar-refractivity contribution in [1.82, 2.24) is 10.3 Å². The second-order valence-corrected chi connectivity index (χ2v) is 8.03. The van der Waals surface area contributed by atoms with E-state index in [1.54, 1.807) is 17.8 Å². The highest BCUT2D eigenvalue weighted by atomic mass is 32.2. The van der Waals surface area contributed by atoms with Gasteiger partial charge in [0.25, 0.3) is 0 Å².